The Bertz CT molecular complexity index is 547. The topological polar surface area (TPSA) is 91.6 Å². The molecule has 142 valence electrons. The third kappa shape index (κ3) is 6.83. The summed E-state index contributed by atoms with van der Waals surface area (Å²) in [4.78, 5) is 15.8. The highest BCUT2D eigenvalue weighted by atomic mass is 127. The third-order valence-electron chi connectivity index (χ3n) is 4.32. The van der Waals surface area contributed by atoms with Crippen molar-refractivity contribution in [3.05, 3.63) is 17.5 Å². The van der Waals surface area contributed by atoms with Crippen LogP contribution in [0.4, 0.5) is 0 Å². The van der Waals surface area contributed by atoms with Gasteiger partial charge in [-0.05, 0) is 26.2 Å². The van der Waals surface area contributed by atoms with Gasteiger partial charge in [-0.25, -0.2) is 4.99 Å². The van der Waals surface area contributed by atoms with Crippen molar-refractivity contribution in [1.29, 1.82) is 0 Å². The van der Waals surface area contributed by atoms with Crippen LogP contribution in [0, 0.1) is 0 Å². The summed E-state index contributed by atoms with van der Waals surface area (Å²) in [5.74, 6) is 2.07. The lowest BCUT2D eigenvalue weighted by Crippen LogP contribution is -2.51. The largest absolute Gasteiger partial charge is 0.359 e. The first-order chi connectivity index (χ1) is 11.7. The molecule has 0 saturated carbocycles. The highest BCUT2D eigenvalue weighted by Crippen LogP contribution is 2.22. The Morgan fingerprint density at radius 3 is 2.80 bits per heavy atom. The summed E-state index contributed by atoms with van der Waals surface area (Å²) in [6, 6.07) is 2.21. The number of carbonyl (C=O) groups excluding carboxylic acids is 1. The minimum Gasteiger partial charge on any atom is -0.359 e. The van der Waals surface area contributed by atoms with Crippen LogP contribution >= 0.6 is 24.0 Å². The van der Waals surface area contributed by atoms with Crippen molar-refractivity contribution in [2.75, 3.05) is 13.1 Å². The molecule has 25 heavy (non-hydrogen) atoms. The van der Waals surface area contributed by atoms with Crippen LogP contribution in [-0.4, -0.2) is 36.2 Å². The van der Waals surface area contributed by atoms with Gasteiger partial charge in [-0.1, -0.05) is 19.0 Å². The van der Waals surface area contributed by atoms with Crippen molar-refractivity contribution < 1.29 is 9.32 Å². The molecule has 1 unspecified atom stereocenters. The molecular weight excluding hydrogens is 433 g/mol. The Kier molecular flexibility index (Phi) is 9.84. The second-order valence-corrected chi connectivity index (χ2v) is 6.11. The molecule has 2 rings (SSSR count). The summed E-state index contributed by atoms with van der Waals surface area (Å²) in [7, 11) is 0. The number of aromatic nitrogens is 1. The molecule has 1 saturated heterocycles. The fourth-order valence-corrected chi connectivity index (χ4v) is 2.83. The lowest BCUT2D eigenvalue weighted by molar-refractivity contribution is -0.122. The van der Waals surface area contributed by atoms with E-state index in [0.717, 1.165) is 43.2 Å². The minimum absolute atomic E-state index is 0. The molecule has 1 aliphatic rings. The minimum atomic E-state index is 0. The van der Waals surface area contributed by atoms with E-state index in [4.69, 9.17) is 4.52 Å². The summed E-state index contributed by atoms with van der Waals surface area (Å²) >= 11 is 0. The van der Waals surface area contributed by atoms with Gasteiger partial charge < -0.3 is 20.5 Å². The molecule has 0 aliphatic carbocycles. The van der Waals surface area contributed by atoms with Crippen LogP contribution in [0.25, 0.3) is 0 Å². The second kappa shape index (κ2) is 11.3. The van der Waals surface area contributed by atoms with E-state index in [1.165, 1.54) is 0 Å². The molecule has 1 fully saturated rings. The van der Waals surface area contributed by atoms with Gasteiger partial charge in [0.25, 0.3) is 0 Å². The van der Waals surface area contributed by atoms with Crippen molar-refractivity contribution in [2.24, 2.45) is 4.99 Å². The number of hydrogen-bond donors (Lipinski definition) is 3. The first-order valence-electron chi connectivity index (χ1n) is 8.93. The van der Waals surface area contributed by atoms with Crippen molar-refractivity contribution in [3.8, 4) is 0 Å². The number of amides is 1. The van der Waals surface area contributed by atoms with Crippen LogP contribution in [0.15, 0.2) is 15.6 Å². The van der Waals surface area contributed by atoms with Crippen molar-refractivity contribution in [2.45, 2.75) is 65.0 Å². The molecular formula is C17H30IN5O2. The summed E-state index contributed by atoms with van der Waals surface area (Å²) < 4.78 is 5.41. The van der Waals surface area contributed by atoms with Crippen LogP contribution in [0.3, 0.4) is 0 Å². The number of rotatable bonds is 7. The van der Waals surface area contributed by atoms with Crippen molar-refractivity contribution >= 4 is 35.8 Å². The standard InChI is InChI=1S/C17H29N5O2.HI/c1-4-12(5-2)15-9-14(24-22-15)11-20-17(18-6-3)21-13-7-8-16(23)19-10-13;/h9,12-13H,4-8,10-11H2,1-3H3,(H,19,23)(H2,18,20,21);1H. The molecule has 0 bridgehead atoms. The van der Waals surface area contributed by atoms with E-state index in [9.17, 15) is 4.79 Å². The smallest absolute Gasteiger partial charge is 0.220 e. The lowest BCUT2D eigenvalue weighted by Gasteiger charge is -2.25. The van der Waals surface area contributed by atoms with E-state index in [1.807, 2.05) is 13.0 Å². The lowest BCUT2D eigenvalue weighted by atomic mass is 9.99. The molecule has 1 aliphatic heterocycles. The van der Waals surface area contributed by atoms with Crippen LogP contribution in [0.2, 0.25) is 0 Å². The molecule has 1 atom stereocenters. The maximum atomic E-state index is 11.2. The fraction of sp³-hybridized carbons (Fsp3) is 0.706. The molecule has 3 N–H and O–H groups in total. The monoisotopic (exact) mass is 463 g/mol. The Morgan fingerprint density at radius 2 is 2.20 bits per heavy atom. The molecule has 1 amide bonds. The molecule has 0 radical (unpaired) electrons. The molecule has 1 aromatic rings. The first-order valence-corrected chi connectivity index (χ1v) is 8.93. The Hall–Kier alpha value is -1.32. The van der Waals surface area contributed by atoms with Crippen molar-refractivity contribution in [3.63, 3.8) is 0 Å². The van der Waals surface area contributed by atoms with Gasteiger partial charge in [-0.3, -0.25) is 4.79 Å². The highest BCUT2D eigenvalue weighted by Gasteiger charge is 2.19. The highest BCUT2D eigenvalue weighted by molar-refractivity contribution is 14.0. The number of nitrogens with zero attached hydrogens (tertiary/aromatic N) is 2. The quantitative estimate of drug-likeness (QED) is 0.329. The fourth-order valence-electron chi connectivity index (χ4n) is 2.83. The van der Waals surface area contributed by atoms with E-state index in [2.05, 4.69) is 39.9 Å². The summed E-state index contributed by atoms with van der Waals surface area (Å²) in [6.45, 7) is 8.21. The Balaban J connectivity index is 0.00000312. The number of guanidine groups is 1. The zero-order valence-electron chi connectivity index (χ0n) is 15.3. The predicted octanol–water partition coefficient (Wildman–Crippen LogP) is 2.53. The van der Waals surface area contributed by atoms with Gasteiger partial charge in [0.1, 0.15) is 6.54 Å². The first kappa shape index (κ1) is 21.7. The zero-order valence-corrected chi connectivity index (χ0v) is 17.6. The average molecular weight is 463 g/mol. The molecule has 0 aromatic carbocycles. The van der Waals surface area contributed by atoms with Gasteiger partial charge in [0, 0.05) is 37.5 Å². The zero-order chi connectivity index (χ0) is 17.4. The van der Waals surface area contributed by atoms with Crippen LogP contribution in [-0.2, 0) is 11.3 Å². The normalized spacial score (nSPS) is 17.8. The van der Waals surface area contributed by atoms with Crippen LogP contribution < -0.4 is 16.0 Å². The van der Waals surface area contributed by atoms with Gasteiger partial charge in [0.2, 0.25) is 5.91 Å². The Labute approximate surface area is 166 Å². The molecule has 7 nitrogen and oxygen atoms in total. The van der Waals surface area contributed by atoms with Crippen LogP contribution in [0.5, 0.6) is 0 Å². The Morgan fingerprint density at radius 1 is 1.44 bits per heavy atom. The molecule has 8 heteroatoms. The van der Waals surface area contributed by atoms with E-state index >= 15 is 0 Å². The van der Waals surface area contributed by atoms with Gasteiger partial charge in [-0.2, -0.15) is 0 Å². The van der Waals surface area contributed by atoms with Gasteiger partial charge in [-0.15, -0.1) is 24.0 Å². The number of hydrogen-bond acceptors (Lipinski definition) is 4. The van der Waals surface area contributed by atoms with E-state index in [0.29, 0.717) is 25.4 Å². The van der Waals surface area contributed by atoms with Gasteiger partial charge in [0.05, 0.1) is 5.69 Å². The van der Waals surface area contributed by atoms with Gasteiger partial charge in [0.15, 0.2) is 11.7 Å². The summed E-state index contributed by atoms with van der Waals surface area (Å²) in [5.41, 5.74) is 1.01. The average Bonchev–Trinajstić information content (AvgIpc) is 3.05. The van der Waals surface area contributed by atoms with E-state index in [1.54, 1.807) is 0 Å². The molecule has 0 spiro atoms. The SMILES string of the molecule is CCNC(=NCc1cc(C(CC)CC)no1)NC1CCC(=O)NC1.I. The maximum absolute atomic E-state index is 11.2. The summed E-state index contributed by atoms with van der Waals surface area (Å²) in [5, 5.41) is 13.6. The van der Waals surface area contributed by atoms with Crippen LogP contribution in [0.1, 0.15) is 63.8 Å². The molecule has 2 heterocycles. The van der Waals surface area contributed by atoms with E-state index < -0.39 is 0 Å². The second-order valence-electron chi connectivity index (χ2n) is 6.11. The number of carbonyl (C=O) groups is 1. The number of piperidine rings is 1. The summed E-state index contributed by atoms with van der Waals surface area (Å²) in [6.07, 6.45) is 3.49. The van der Waals surface area contributed by atoms with E-state index in [-0.39, 0.29) is 35.9 Å². The van der Waals surface area contributed by atoms with Gasteiger partial charge >= 0.3 is 0 Å². The third-order valence-corrected chi connectivity index (χ3v) is 4.32. The number of halogens is 1. The molecule has 1 aromatic heterocycles. The number of aliphatic imine (C=N–C) groups is 1. The number of nitrogens with one attached hydrogen (secondary N) is 3. The maximum Gasteiger partial charge on any atom is 0.220 e. The predicted molar refractivity (Wildman–Crippen MR) is 109 cm³/mol. The van der Waals surface area contributed by atoms with Crippen molar-refractivity contribution in [1.82, 2.24) is 21.1 Å².